The molecule has 0 bridgehead atoms. The number of rotatable bonds is 4. The maximum absolute atomic E-state index is 13.7. The first-order chi connectivity index (χ1) is 12.5. The second kappa shape index (κ2) is 7.31. The molecule has 1 aromatic heterocycles. The molecule has 3 rings (SSSR count). The molecule has 2 aromatic carbocycles. The maximum Gasteiger partial charge on any atom is 0.274 e. The van der Waals surface area contributed by atoms with Crippen LogP contribution < -0.4 is 10.6 Å². The highest BCUT2D eigenvalue weighted by atomic mass is 19.1. The quantitative estimate of drug-likeness (QED) is 0.696. The molecular weight excluding hydrogens is 336 g/mol. The summed E-state index contributed by atoms with van der Waals surface area (Å²) in [6, 6.07) is 12.4. The van der Waals surface area contributed by atoms with Gasteiger partial charge in [-0.3, -0.25) is 4.79 Å². The van der Waals surface area contributed by atoms with Crippen LogP contribution in [0.4, 0.5) is 25.8 Å². The van der Waals surface area contributed by atoms with Gasteiger partial charge < -0.3 is 10.6 Å². The molecule has 26 heavy (non-hydrogen) atoms. The minimum atomic E-state index is -0.707. The zero-order valence-corrected chi connectivity index (χ0v) is 14.3. The summed E-state index contributed by atoms with van der Waals surface area (Å²) in [4.78, 5) is 16.5. The molecule has 3 aromatic rings. The Labute approximate surface area is 149 Å². The Kier molecular flexibility index (Phi) is 4.93. The molecule has 132 valence electrons. The zero-order chi connectivity index (χ0) is 18.7. The Morgan fingerprint density at radius 1 is 0.885 bits per heavy atom. The van der Waals surface area contributed by atoms with Gasteiger partial charge in [-0.2, -0.15) is 0 Å². The third-order valence-corrected chi connectivity index (χ3v) is 3.95. The summed E-state index contributed by atoms with van der Waals surface area (Å²) in [5.74, 6) is -1.77. The number of benzene rings is 2. The van der Waals surface area contributed by atoms with Crippen LogP contribution in [-0.4, -0.2) is 10.9 Å². The van der Waals surface area contributed by atoms with Crippen molar-refractivity contribution in [2.45, 2.75) is 13.8 Å². The number of hydrogen-bond donors (Lipinski definition) is 2. The molecule has 1 heterocycles. The van der Waals surface area contributed by atoms with Crippen LogP contribution in [0.15, 0.2) is 54.7 Å². The monoisotopic (exact) mass is 353 g/mol. The standard InChI is InChI=1S/C20H17F2N3O/c1-12-5-3-6-13(2)18(12)25-20(26)17-10-9-14(11-23-17)24-19-15(21)7-4-8-16(19)22/h3-11,24H,1-2H3,(H,25,26). The molecule has 0 saturated heterocycles. The highest BCUT2D eigenvalue weighted by Gasteiger charge is 2.12. The van der Waals surface area contributed by atoms with Gasteiger partial charge in [-0.25, -0.2) is 13.8 Å². The van der Waals surface area contributed by atoms with Crippen molar-refractivity contribution in [2.24, 2.45) is 0 Å². The van der Waals surface area contributed by atoms with Crippen molar-refractivity contribution < 1.29 is 13.6 Å². The second-order valence-corrected chi connectivity index (χ2v) is 5.87. The van der Waals surface area contributed by atoms with Crippen molar-refractivity contribution in [3.63, 3.8) is 0 Å². The van der Waals surface area contributed by atoms with Gasteiger partial charge in [0, 0.05) is 5.69 Å². The summed E-state index contributed by atoms with van der Waals surface area (Å²) < 4.78 is 27.3. The fourth-order valence-corrected chi connectivity index (χ4v) is 2.55. The van der Waals surface area contributed by atoms with E-state index in [4.69, 9.17) is 0 Å². The van der Waals surface area contributed by atoms with Gasteiger partial charge in [-0.05, 0) is 49.2 Å². The fourth-order valence-electron chi connectivity index (χ4n) is 2.55. The molecule has 0 aliphatic rings. The number of carbonyl (C=O) groups is 1. The van der Waals surface area contributed by atoms with E-state index < -0.39 is 11.6 Å². The largest absolute Gasteiger partial charge is 0.349 e. The first-order valence-corrected chi connectivity index (χ1v) is 8.00. The average Bonchev–Trinajstić information content (AvgIpc) is 2.62. The van der Waals surface area contributed by atoms with Crippen molar-refractivity contribution in [1.82, 2.24) is 4.98 Å². The Morgan fingerprint density at radius 2 is 1.50 bits per heavy atom. The maximum atomic E-state index is 13.7. The van der Waals surface area contributed by atoms with Crippen molar-refractivity contribution in [3.8, 4) is 0 Å². The Balaban J connectivity index is 1.76. The lowest BCUT2D eigenvalue weighted by Gasteiger charge is -2.12. The van der Waals surface area contributed by atoms with Gasteiger partial charge in [0.05, 0.1) is 11.9 Å². The van der Waals surface area contributed by atoms with Crippen LogP contribution in [0.3, 0.4) is 0 Å². The molecule has 4 nitrogen and oxygen atoms in total. The van der Waals surface area contributed by atoms with E-state index in [0.717, 1.165) is 28.9 Å². The molecule has 0 aliphatic heterocycles. The third kappa shape index (κ3) is 3.69. The van der Waals surface area contributed by atoms with Crippen molar-refractivity contribution in [2.75, 3.05) is 10.6 Å². The smallest absolute Gasteiger partial charge is 0.274 e. The number of para-hydroxylation sites is 2. The van der Waals surface area contributed by atoms with E-state index in [1.807, 2.05) is 32.0 Å². The number of aromatic nitrogens is 1. The van der Waals surface area contributed by atoms with Crippen LogP contribution in [0, 0.1) is 25.5 Å². The number of amides is 1. The van der Waals surface area contributed by atoms with Gasteiger partial charge in [0.1, 0.15) is 23.0 Å². The number of halogens is 2. The molecule has 0 atom stereocenters. The van der Waals surface area contributed by atoms with E-state index in [1.165, 1.54) is 18.3 Å². The first-order valence-electron chi connectivity index (χ1n) is 8.00. The minimum absolute atomic E-state index is 0.201. The molecule has 0 radical (unpaired) electrons. The SMILES string of the molecule is Cc1cccc(C)c1NC(=O)c1ccc(Nc2c(F)cccc2F)cn1. The highest BCUT2D eigenvalue weighted by molar-refractivity contribution is 6.03. The molecule has 0 aliphatic carbocycles. The van der Waals surface area contributed by atoms with E-state index >= 15 is 0 Å². The predicted octanol–water partition coefficient (Wildman–Crippen LogP) is 4.97. The molecule has 0 spiro atoms. The van der Waals surface area contributed by atoms with E-state index in [1.54, 1.807) is 6.07 Å². The summed E-state index contributed by atoms with van der Waals surface area (Å²) in [6.45, 7) is 3.82. The molecule has 0 fully saturated rings. The molecule has 6 heteroatoms. The number of anilines is 3. The summed E-state index contributed by atoms with van der Waals surface area (Å²) in [5.41, 5.74) is 2.96. The number of hydrogen-bond acceptors (Lipinski definition) is 3. The number of nitrogens with zero attached hydrogens (tertiary/aromatic N) is 1. The van der Waals surface area contributed by atoms with E-state index in [0.29, 0.717) is 5.69 Å². The van der Waals surface area contributed by atoms with Crippen LogP contribution in [0.25, 0.3) is 0 Å². The van der Waals surface area contributed by atoms with Gasteiger partial charge in [0.15, 0.2) is 0 Å². The number of pyridine rings is 1. The van der Waals surface area contributed by atoms with Gasteiger partial charge in [-0.1, -0.05) is 24.3 Å². The number of nitrogens with one attached hydrogen (secondary N) is 2. The van der Waals surface area contributed by atoms with E-state index in [-0.39, 0.29) is 17.3 Å². The van der Waals surface area contributed by atoms with Crippen LogP contribution in [0.1, 0.15) is 21.6 Å². The zero-order valence-electron chi connectivity index (χ0n) is 14.3. The lowest BCUT2D eigenvalue weighted by atomic mass is 10.1. The second-order valence-electron chi connectivity index (χ2n) is 5.87. The topological polar surface area (TPSA) is 54.0 Å². The van der Waals surface area contributed by atoms with Crippen molar-refractivity contribution >= 4 is 23.0 Å². The summed E-state index contributed by atoms with van der Waals surface area (Å²) in [6.07, 6.45) is 1.35. The van der Waals surface area contributed by atoms with Gasteiger partial charge in [-0.15, -0.1) is 0 Å². The Bertz CT molecular complexity index is 915. The van der Waals surface area contributed by atoms with Crippen LogP contribution in [0.2, 0.25) is 0 Å². The number of carbonyl (C=O) groups excluding carboxylic acids is 1. The highest BCUT2D eigenvalue weighted by Crippen LogP contribution is 2.23. The Hall–Kier alpha value is -3.28. The van der Waals surface area contributed by atoms with Gasteiger partial charge in [0.2, 0.25) is 0 Å². The van der Waals surface area contributed by atoms with E-state index in [9.17, 15) is 13.6 Å². The van der Waals surface area contributed by atoms with Crippen LogP contribution in [0.5, 0.6) is 0 Å². The van der Waals surface area contributed by atoms with Crippen LogP contribution in [-0.2, 0) is 0 Å². The Morgan fingerprint density at radius 3 is 2.08 bits per heavy atom. The van der Waals surface area contributed by atoms with Gasteiger partial charge >= 0.3 is 0 Å². The summed E-state index contributed by atoms with van der Waals surface area (Å²) in [5, 5.41) is 5.47. The normalized spacial score (nSPS) is 10.5. The van der Waals surface area contributed by atoms with Crippen molar-refractivity contribution in [3.05, 3.63) is 83.2 Å². The third-order valence-electron chi connectivity index (χ3n) is 3.95. The lowest BCUT2D eigenvalue weighted by molar-refractivity contribution is 0.102. The summed E-state index contributed by atoms with van der Waals surface area (Å²) in [7, 11) is 0. The van der Waals surface area contributed by atoms with Gasteiger partial charge in [0.25, 0.3) is 5.91 Å². The summed E-state index contributed by atoms with van der Waals surface area (Å²) >= 11 is 0. The molecule has 1 amide bonds. The molecule has 0 saturated carbocycles. The average molecular weight is 353 g/mol. The molecule has 2 N–H and O–H groups in total. The van der Waals surface area contributed by atoms with Crippen molar-refractivity contribution in [1.29, 1.82) is 0 Å². The van der Waals surface area contributed by atoms with Crippen LogP contribution >= 0.6 is 0 Å². The lowest BCUT2D eigenvalue weighted by Crippen LogP contribution is -2.15. The van der Waals surface area contributed by atoms with E-state index in [2.05, 4.69) is 15.6 Å². The fraction of sp³-hybridized carbons (Fsp3) is 0.100. The molecular formula is C20H17F2N3O. The number of aryl methyl sites for hydroxylation is 2. The predicted molar refractivity (Wildman–Crippen MR) is 97.7 cm³/mol. The molecule has 0 unspecified atom stereocenters. The minimum Gasteiger partial charge on any atom is -0.349 e. The first kappa shape index (κ1) is 17.5.